The normalized spacial score (nSPS) is 16.7. The first-order valence-corrected chi connectivity index (χ1v) is 13.1. The molecule has 2 N–H and O–H groups in total. The smallest absolute Gasteiger partial charge is 0.250 e. The summed E-state index contributed by atoms with van der Waals surface area (Å²) in [7, 11) is 3.00. The van der Waals surface area contributed by atoms with E-state index in [4.69, 9.17) is 49.3 Å². The molecule has 1 aliphatic rings. The summed E-state index contributed by atoms with van der Waals surface area (Å²) in [6, 6.07) is 19.6. The lowest BCUT2D eigenvalue weighted by Gasteiger charge is -2.27. The highest BCUT2D eigenvalue weighted by atomic mass is 35.5. The van der Waals surface area contributed by atoms with Crippen molar-refractivity contribution in [3.63, 3.8) is 0 Å². The van der Waals surface area contributed by atoms with Gasteiger partial charge in [-0.1, -0.05) is 29.3 Å². The van der Waals surface area contributed by atoms with E-state index in [-0.39, 0.29) is 18.6 Å². The predicted octanol–water partition coefficient (Wildman–Crippen LogP) is 6.42. The van der Waals surface area contributed by atoms with Crippen LogP contribution in [-0.2, 0) is 9.53 Å². The number of nitrogens with one attached hydrogen (secondary N) is 2. The van der Waals surface area contributed by atoms with E-state index in [9.17, 15) is 4.79 Å². The van der Waals surface area contributed by atoms with Gasteiger partial charge in [0.1, 0.15) is 29.9 Å². The molecule has 0 unspecified atom stereocenters. The van der Waals surface area contributed by atoms with E-state index >= 15 is 0 Å². The number of ether oxygens (including phenoxy) is 2. The molecule has 0 radical (unpaired) electrons. The summed E-state index contributed by atoms with van der Waals surface area (Å²) in [5.41, 5.74) is 2.78. The van der Waals surface area contributed by atoms with Crippen LogP contribution in [-0.4, -0.2) is 36.8 Å². The fourth-order valence-electron chi connectivity index (χ4n) is 4.50. The Morgan fingerprint density at radius 2 is 1.95 bits per heavy atom. The zero-order valence-electron chi connectivity index (χ0n) is 21.0. The molecule has 2 atom stereocenters. The Kier molecular flexibility index (Phi) is 8.04. The van der Waals surface area contributed by atoms with Gasteiger partial charge in [-0.2, -0.15) is 0 Å². The van der Waals surface area contributed by atoms with Crippen molar-refractivity contribution in [1.82, 2.24) is 10.3 Å². The Morgan fingerprint density at radius 3 is 2.67 bits per heavy atom. The maximum Gasteiger partial charge on any atom is 0.250 e. The van der Waals surface area contributed by atoms with Crippen molar-refractivity contribution in [2.75, 3.05) is 31.0 Å². The van der Waals surface area contributed by atoms with E-state index in [2.05, 4.69) is 15.6 Å². The van der Waals surface area contributed by atoms with Gasteiger partial charge in [-0.05, 0) is 72.9 Å². The number of amides is 1. The Morgan fingerprint density at radius 1 is 1.10 bits per heavy atom. The molecule has 1 saturated heterocycles. The molecule has 200 valence electrons. The first kappa shape index (κ1) is 27.0. The average Bonchev–Trinajstić information content (AvgIpc) is 3.55. The van der Waals surface area contributed by atoms with Crippen LogP contribution in [0.2, 0.25) is 10.0 Å². The summed E-state index contributed by atoms with van der Waals surface area (Å²) in [6.07, 6.45) is 1.74. The number of carbonyl (C=O) groups excluding carboxylic acids is 1. The van der Waals surface area contributed by atoms with Crippen molar-refractivity contribution in [2.24, 2.45) is 0 Å². The van der Waals surface area contributed by atoms with Crippen molar-refractivity contribution in [3.8, 4) is 17.1 Å². The largest absolute Gasteiger partial charge is 0.495 e. The lowest BCUT2D eigenvalue weighted by molar-refractivity contribution is -0.119. The van der Waals surface area contributed by atoms with Crippen molar-refractivity contribution >= 4 is 57.8 Å². The van der Waals surface area contributed by atoms with Crippen LogP contribution in [0, 0.1) is 0 Å². The lowest BCUT2D eigenvalue weighted by Crippen LogP contribution is -2.29. The summed E-state index contributed by atoms with van der Waals surface area (Å²) in [4.78, 5) is 18.8. The summed E-state index contributed by atoms with van der Waals surface area (Å²) >= 11 is 18.2. The Bertz CT molecular complexity index is 1510. The number of benzene rings is 2. The Balaban J connectivity index is 1.58. The molecule has 1 fully saturated rings. The number of pyridine rings is 1. The summed E-state index contributed by atoms with van der Waals surface area (Å²) < 4.78 is 16.8. The summed E-state index contributed by atoms with van der Waals surface area (Å²) in [5.74, 6) is 1.47. The van der Waals surface area contributed by atoms with Crippen LogP contribution in [0.1, 0.15) is 23.5 Å². The molecule has 39 heavy (non-hydrogen) atoms. The minimum absolute atomic E-state index is 0.0919. The van der Waals surface area contributed by atoms with Gasteiger partial charge in [0.05, 0.1) is 34.6 Å². The molecule has 5 rings (SSSR count). The van der Waals surface area contributed by atoms with Gasteiger partial charge in [0.25, 0.3) is 0 Å². The van der Waals surface area contributed by atoms with Gasteiger partial charge in [-0.25, -0.2) is 0 Å². The molecular formula is C28H24Cl2N4O4S. The van der Waals surface area contributed by atoms with Gasteiger partial charge < -0.3 is 29.4 Å². The first-order valence-electron chi connectivity index (χ1n) is 11.9. The van der Waals surface area contributed by atoms with Crippen LogP contribution in [0.3, 0.4) is 0 Å². The van der Waals surface area contributed by atoms with E-state index in [1.165, 1.54) is 14.2 Å². The average molecular weight is 583 g/mol. The van der Waals surface area contributed by atoms with Crippen LogP contribution < -0.4 is 20.3 Å². The van der Waals surface area contributed by atoms with Crippen LogP contribution in [0.15, 0.2) is 77.3 Å². The maximum absolute atomic E-state index is 12.3. The number of thiocarbonyl (C=S) groups is 1. The minimum atomic E-state index is -0.403. The highest BCUT2D eigenvalue weighted by Gasteiger charge is 2.42. The van der Waals surface area contributed by atoms with Crippen molar-refractivity contribution in [3.05, 3.63) is 94.4 Å². The second kappa shape index (κ2) is 11.6. The number of aromatic nitrogens is 1. The van der Waals surface area contributed by atoms with Gasteiger partial charge in [0.2, 0.25) is 5.91 Å². The topological polar surface area (TPSA) is 88.9 Å². The zero-order chi connectivity index (χ0) is 27.5. The van der Waals surface area contributed by atoms with Gasteiger partial charge in [-0.3, -0.25) is 9.78 Å². The van der Waals surface area contributed by atoms with Gasteiger partial charge >= 0.3 is 0 Å². The molecule has 0 saturated carbocycles. The molecule has 3 heterocycles. The summed E-state index contributed by atoms with van der Waals surface area (Å²) in [5, 5.41) is 7.61. The number of hydrogen-bond donors (Lipinski definition) is 2. The second-order valence-corrected chi connectivity index (χ2v) is 9.89. The molecule has 2 aromatic heterocycles. The Labute approximate surface area is 240 Å². The number of rotatable bonds is 8. The predicted molar refractivity (Wildman–Crippen MR) is 156 cm³/mol. The lowest BCUT2D eigenvalue weighted by atomic mass is 10.0. The molecule has 1 amide bonds. The molecule has 1 aliphatic heterocycles. The fourth-order valence-corrected chi connectivity index (χ4v) is 5.14. The molecule has 4 aromatic rings. The van der Waals surface area contributed by atoms with Gasteiger partial charge in [0, 0.05) is 24.6 Å². The fraction of sp³-hybridized carbons (Fsp3) is 0.179. The van der Waals surface area contributed by atoms with Crippen LogP contribution in [0.5, 0.6) is 5.75 Å². The third-order valence-corrected chi connectivity index (χ3v) is 7.28. The Hall–Kier alpha value is -3.63. The number of furan rings is 1. The third-order valence-electron chi connectivity index (χ3n) is 6.23. The van der Waals surface area contributed by atoms with Crippen molar-refractivity contribution in [2.45, 2.75) is 12.1 Å². The van der Waals surface area contributed by atoms with Gasteiger partial charge in [0.15, 0.2) is 5.11 Å². The number of carbonyl (C=O) groups is 1. The van der Waals surface area contributed by atoms with Crippen LogP contribution in [0.4, 0.5) is 11.4 Å². The molecule has 11 heteroatoms. The van der Waals surface area contributed by atoms with Crippen molar-refractivity contribution < 1.29 is 18.7 Å². The van der Waals surface area contributed by atoms with Crippen LogP contribution >= 0.6 is 35.4 Å². The number of halogens is 2. The molecular weight excluding hydrogens is 559 g/mol. The third kappa shape index (κ3) is 5.58. The number of nitrogens with zero attached hydrogens (tertiary/aromatic N) is 2. The van der Waals surface area contributed by atoms with E-state index in [0.717, 1.165) is 16.9 Å². The maximum atomic E-state index is 12.3. The van der Waals surface area contributed by atoms with E-state index in [1.807, 2.05) is 47.4 Å². The highest BCUT2D eigenvalue weighted by molar-refractivity contribution is 7.80. The quantitative estimate of drug-likeness (QED) is 0.230. The molecule has 2 aromatic carbocycles. The summed E-state index contributed by atoms with van der Waals surface area (Å²) in [6.45, 7) is -0.0919. The second-order valence-electron chi connectivity index (χ2n) is 8.69. The zero-order valence-corrected chi connectivity index (χ0v) is 23.3. The molecule has 8 nitrogen and oxygen atoms in total. The van der Waals surface area contributed by atoms with E-state index in [1.54, 1.807) is 30.5 Å². The van der Waals surface area contributed by atoms with Crippen molar-refractivity contribution in [1.29, 1.82) is 0 Å². The number of hydrogen-bond acceptors (Lipinski definition) is 6. The molecule has 0 aliphatic carbocycles. The van der Waals surface area contributed by atoms with Gasteiger partial charge in [-0.15, -0.1) is 0 Å². The first-order chi connectivity index (χ1) is 18.9. The highest BCUT2D eigenvalue weighted by Crippen LogP contribution is 2.44. The molecule has 0 bridgehead atoms. The number of anilines is 2. The van der Waals surface area contributed by atoms with E-state index < -0.39 is 6.04 Å². The SMILES string of the molecule is COCC(=O)Nc1cc(N2C(=S)N[C@@H](c3ccccn3)[C@@H]2c2ccc(-c3ccc(Cl)c(Cl)c3)o2)ccc1OC. The van der Waals surface area contributed by atoms with E-state index in [0.29, 0.717) is 38.1 Å². The standard InChI is InChI=1S/C28H24Cl2N4O4S/c1-36-15-25(35)32-21-14-17(7-9-23(21)37-2)34-27(26(33-28(34)39)20-5-3-4-12-31-20)24-11-10-22(38-24)16-6-8-18(29)19(30)13-16/h3-14,26-27H,15H2,1-2H3,(H,32,35)(H,33,39)/t26-,27-/m0/s1. The minimum Gasteiger partial charge on any atom is -0.495 e. The van der Waals surface area contributed by atoms with Crippen LogP contribution in [0.25, 0.3) is 11.3 Å². The monoisotopic (exact) mass is 582 g/mol. The molecule has 0 spiro atoms. The number of methoxy groups -OCH3 is 2.